The largest absolute Gasteiger partial charge is 0.491 e. The van der Waals surface area contributed by atoms with Gasteiger partial charge in [0.05, 0.1) is 5.56 Å². The van der Waals surface area contributed by atoms with E-state index in [1.165, 1.54) is 0 Å². The van der Waals surface area contributed by atoms with E-state index < -0.39 is 0 Å². The van der Waals surface area contributed by atoms with Crippen LogP contribution in [0.5, 0.6) is 5.75 Å². The molecule has 0 radical (unpaired) electrons. The zero-order chi connectivity index (χ0) is 9.26. The maximum atomic E-state index is 11.7. The maximum absolute atomic E-state index is 11.7. The number of benzene rings is 1. The zero-order valence-corrected chi connectivity index (χ0v) is 8.14. The molecule has 0 saturated carbocycles. The third-order valence-electron chi connectivity index (χ3n) is 2.12. The van der Waals surface area contributed by atoms with Gasteiger partial charge in [-0.05, 0) is 18.4 Å². The monoisotopic (exact) mass is 194 g/mol. The van der Waals surface area contributed by atoms with Gasteiger partial charge in [-0.25, -0.2) is 0 Å². The molecule has 1 unspecified atom stereocenters. The van der Waals surface area contributed by atoms with Crippen LogP contribution < -0.4 is 4.74 Å². The Labute approximate surface area is 81.3 Å². The number of carbonyl (C=O) groups excluding carboxylic acids is 1. The Balaban J connectivity index is 2.39. The molecule has 1 aliphatic rings. The van der Waals surface area contributed by atoms with Gasteiger partial charge in [0.2, 0.25) is 0 Å². The summed E-state index contributed by atoms with van der Waals surface area (Å²) >= 11 is 1.54. The summed E-state index contributed by atoms with van der Waals surface area (Å²) in [5.41, 5.74) is 0.716. The molecule has 1 aliphatic heterocycles. The first-order valence-electron chi connectivity index (χ1n) is 4.12. The smallest absolute Gasteiger partial charge is 0.182 e. The summed E-state index contributed by atoms with van der Waals surface area (Å²) in [7, 11) is 0. The van der Waals surface area contributed by atoms with Crippen molar-refractivity contribution in [3.63, 3.8) is 0 Å². The van der Waals surface area contributed by atoms with Crippen molar-refractivity contribution < 1.29 is 9.53 Å². The Morgan fingerprint density at radius 3 is 3.00 bits per heavy atom. The van der Waals surface area contributed by atoms with Crippen LogP contribution in [-0.2, 0) is 0 Å². The average Bonchev–Trinajstić information content (AvgIpc) is 2.19. The van der Waals surface area contributed by atoms with Crippen LogP contribution >= 0.6 is 11.8 Å². The van der Waals surface area contributed by atoms with E-state index in [4.69, 9.17) is 4.74 Å². The van der Waals surface area contributed by atoms with Gasteiger partial charge in [-0.2, -0.15) is 11.8 Å². The average molecular weight is 194 g/mol. The summed E-state index contributed by atoms with van der Waals surface area (Å²) in [6.07, 6.45) is 1.93. The molecule has 1 heterocycles. The summed E-state index contributed by atoms with van der Waals surface area (Å²) in [5.74, 6) is 0.909. The van der Waals surface area contributed by atoms with Crippen molar-refractivity contribution in [3.05, 3.63) is 29.8 Å². The molecule has 0 aromatic heterocycles. The van der Waals surface area contributed by atoms with Gasteiger partial charge in [0.25, 0.3) is 0 Å². The van der Waals surface area contributed by atoms with Gasteiger partial charge >= 0.3 is 0 Å². The fourth-order valence-corrected chi connectivity index (χ4v) is 1.93. The number of thioether (sulfide) groups is 1. The first-order valence-corrected chi connectivity index (χ1v) is 5.40. The van der Waals surface area contributed by atoms with Gasteiger partial charge < -0.3 is 4.74 Å². The van der Waals surface area contributed by atoms with E-state index in [-0.39, 0.29) is 11.0 Å². The van der Waals surface area contributed by atoms with Crippen LogP contribution in [0.1, 0.15) is 10.4 Å². The van der Waals surface area contributed by atoms with Gasteiger partial charge in [-0.1, -0.05) is 12.1 Å². The van der Waals surface area contributed by atoms with Crippen molar-refractivity contribution in [1.82, 2.24) is 0 Å². The standard InChI is InChI=1S/C10H10O2S/c1-13-9-6-12-8-5-3-2-4-7(8)10(9)11/h2-5,9H,6H2,1H3. The van der Waals surface area contributed by atoms with Crippen LogP contribution in [0.4, 0.5) is 0 Å². The van der Waals surface area contributed by atoms with E-state index in [0.717, 1.165) is 5.75 Å². The van der Waals surface area contributed by atoms with Crippen LogP contribution in [-0.4, -0.2) is 23.9 Å². The number of fused-ring (bicyclic) bond motifs is 1. The van der Waals surface area contributed by atoms with Crippen molar-refractivity contribution in [2.45, 2.75) is 5.25 Å². The predicted octanol–water partition coefficient (Wildman–Crippen LogP) is 1.99. The van der Waals surface area contributed by atoms with Crippen molar-refractivity contribution in [2.24, 2.45) is 0 Å². The SMILES string of the molecule is CSC1COc2ccccc2C1=O. The number of Topliss-reactive ketones (excluding diaryl/α,β-unsaturated/α-hetero) is 1. The molecule has 0 saturated heterocycles. The molecule has 0 bridgehead atoms. The summed E-state index contributed by atoms with van der Waals surface area (Å²) in [5, 5.41) is -0.0325. The molecule has 1 aromatic carbocycles. The van der Waals surface area contributed by atoms with Crippen molar-refractivity contribution >= 4 is 17.5 Å². The number of carbonyl (C=O) groups is 1. The minimum absolute atomic E-state index is 0.0325. The van der Waals surface area contributed by atoms with E-state index in [0.29, 0.717) is 12.2 Å². The zero-order valence-electron chi connectivity index (χ0n) is 7.32. The molecule has 1 aromatic rings. The minimum Gasteiger partial charge on any atom is -0.491 e. The Kier molecular flexibility index (Phi) is 2.27. The number of para-hydroxylation sites is 1. The number of rotatable bonds is 1. The minimum atomic E-state index is -0.0325. The highest BCUT2D eigenvalue weighted by Crippen LogP contribution is 2.27. The topological polar surface area (TPSA) is 26.3 Å². The molecule has 2 rings (SSSR count). The Morgan fingerprint density at radius 2 is 2.23 bits per heavy atom. The highest BCUT2D eigenvalue weighted by molar-refractivity contribution is 8.00. The van der Waals surface area contributed by atoms with E-state index in [1.807, 2.05) is 30.5 Å². The number of hydrogen-bond donors (Lipinski definition) is 0. The second kappa shape index (κ2) is 3.42. The summed E-state index contributed by atoms with van der Waals surface area (Å²) in [4.78, 5) is 11.7. The maximum Gasteiger partial charge on any atom is 0.182 e. The van der Waals surface area contributed by atoms with Gasteiger partial charge in [-0.15, -0.1) is 0 Å². The Hall–Kier alpha value is -0.960. The van der Waals surface area contributed by atoms with Crippen LogP contribution in [0.15, 0.2) is 24.3 Å². The van der Waals surface area contributed by atoms with Crippen molar-refractivity contribution in [1.29, 1.82) is 0 Å². The fraction of sp³-hybridized carbons (Fsp3) is 0.300. The second-order valence-electron chi connectivity index (χ2n) is 2.90. The van der Waals surface area contributed by atoms with Crippen molar-refractivity contribution in [2.75, 3.05) is 12.9 Å². The quantitative estimate of drug-likeness (QED) is 0.684. The third kappa shape index (κ3) is 1.44. The fourth-order valence-electron chi connectivity index (χ4n) is 1.39. The third-order valence-corrected chi connectivity index (χ3v) is 3.04. The molecular weight excluding hydrogens is 184 g/mol. The molecular formula is C10H10O2S. The Morgan fingerprint density at radius 1 is 1.46 bits per heavy atom. The second-order valence-corrected chi connectivity index (χ2v) is 3.94. The lowest BCUT2D eigenvalue weighted by Gasteiger charge is -2.22. The number of ketones is 1. The van der Waals surface area contributed by atoms with E-state index in [1.54, 1.807) is 11.8 Å². The highest BCUT2D eigenvalue weighted by Gasteiger charge is 2.27. The summed E-state index contributed by atoms with van der Waals surface area (Å²) in [6, 6.07) is 7.40. The molecule has 3 heteroatoms. The molecule has 0 aliphatic carbocycles. The van der Waals surface area contributed by atoms with E-state index >= 15 is 0 Å². The lowest BCUT2D eigenvalue weighted by Crippen LogP contribution is -2.29. The summed E-state index contributed by atoms with van der Waals surface area (Å²) < 4.78 is 5.46. The number of ether oxygens (including phenoxy) is 1. The lowest BCUT2D eigenvalue weighted by atomic mass is 10.1. The molecule has 0 N–H and O–H groups in total. The van der Waals surface area contributed by atoms with Gasteiger partial charge in [0.1, 0.15) is 17.6 Å². The van der Waals surface area contributed by atoms with Crippen LogP contribution in [0.25, 0.3) is 0 Å². The Bertz CT molecular complexity index is 335. The van der Waals surface area contributed by atoms with Crippen LogP contribution in [0, 0.1) is 0 Å². The van der Waals surface area contributed by atoms with Gasteiger partial charge in [-0.3, -0.25) is 4.79 Å². The normalized spacial score (nSPS) is 20.7. The van der Waals surface area contributed by atoms with Crippen LogP contribution in [0.2, 0.25) is 0 Å². The van der Waals surface area contributed by atoms with Gasteiger partial charge in [0.15, 0.2) is 5.78 Å². The molecule has 13 heavy (non-hydrogen) atoms. The van der Waals surface area contributed by atoms with Crippen molar-refractivity contribution in [3.8, 4) is 5.75 Å². The molecule has 68 valence electrons. The highest BCUT2D eigenvalue weighted by atomic mass is 32.2. The predicted molar refractivity (Wildman–Crippen MR) is 53.6 cm³/mol. The number of hydrogen-bond acceptors (Lipinski definition) is 3. The van der Waals surface area contributed by atoms with E-state index in [9.17, 15) is 4.79 Å². The molecule has 0 fully saturated rings. The molecule has 1 atom stereocenters. The molecule has 0 amide bonds. The van der Waals surface area contributed by atoms with Gasteiger partial charge in [0, 0.05) is 0 Å². The first-order chi connectivity index (χ1) is 6.33. The van der Waals surface area contributed by atoms with Crippen LogP contribution in [0.3, 0.4) is 0 Å². The molecule has 2 nitrogen and oxygen atoms in total. The lowest BCUT2D eigenvalue weighted by molar-refractivity contribution is 0.0943. The first kappa shape index (κ1) is 8.63. The van der Waals surface area contributed by atoms with E-state index in [2.05, 4.69) is 0 Å². The molecule has 0 spiro atoms. The summed E-state index contributed by atoms with van der Waals surface area (Å²) in [6.45, 7) is 0.497.